The van der Waals surface area contributed by atoms with Crippen LogP contribution in [0, 0.1) is 5.92 Å². The van der Waals surface area contributed by atoms with Gasteiger partial charge in [-0.25, -0.2) is 0 Å². The number of benzene rings is 1. The minimum atomic E-state index is 0.818. The Morgan fingerprint density at radius 2 is 1.89 bits per heavy atom. The summed E-state index contributed by atoms with van der Waals surface area (Å²) in [5, 5.41) is 3.59. The molecule has 1 aliphatic rings. The molecule has 0 amide bonds. The second-order valence-electron chi connectivity index (χ2n) is 6.04. The topological polar surface area (TPSA) is 15.3 Å². The number of nitrogens with one attached hydrogen (secondary N) is 1. The van der Waals surface area contributed by atoms with E-state index in [0.29, 0.717) is 0 Å². The highest BCUT2D eigenvalue weighted by molar-refractivity contribution is 5.54. The Balaban J connectivity index is 1.82. The summed E-state index contributed by atoms with van der Waals surface area (Å²) in [4.78, 5) is 2.53. The number of nitrogens with zero attached hydrogens (tertiary/aromatic N) is 1. The zero-order valence-corrected chi connectivity index (χ0v) is 12.5. The van der Waals surface area contributed by atoms with Gasteiger partial charge in [0.1, 0.15) is 0 Å². The van der Waals surface area contributed by atoms with Crippen LogP contribution in [0.5, 0.6) is 0 Å². The highest BCUT2D eigenvalue weighted by atomic mass is 15.1. The molecule has 0 atom stereocenters. The summed E-state index contributed by atoms with van der Waals surface area (Å²) in [5.41, 5.74) is 2.89. The molecule has 1 fully saturated rings. The van der Waals surface area contributed by atoms with E-state index in [4.69, 9.17) is 0 Å². The molecule has 0 saturated carbocycles. The lowest BCUT2D eigenvalue weighted by atomic mass is 10.1. The van der Waals surface area contributed by atoms with Gasteiger partial charge in [0.25, 0.3) is 0 Å². The number of hydrogen-bond donors (Lipinski definition) is 1. The van der Waals surface area contributed by atoms with Crippen LogP contribution in [0.1, 0.15) is 45.1 Å². The second-order valence-corrected chi connectivity index (χ2v) is 6.04. The van der Waals surface area contributed by atoms with Crippen LogP contribution in [0.3, 0.4) is 0 Å². The fourth-order valence-corrected chi connectivity index (χ4v) is 2.79. The summed E-state index contributed by atoms with van der Waals surface area (Å²) in [7, 11) is 0. The van der Waals surface area contributed by atoms with Gasteiger partial charge in [0.15, 0.2) is 0 Å². The molecule has 1 heterocycles. The van der Waals surface area contributed by atoms with Crippen LogP contribution in [0.25, 0.3) is 0 Å². The highest BCUT2D eigenvalue weighted by Gasteiger charge is 2.14. The van der Waals surface area contributed by atoms with Crippen molar-refractivity contribution in [3.63, 3.8) is 0 Å². The fraction of sp³-hybridized carbons (Fsp3) is 0.647. The summed E-state index contributed by atoms with van der Waals surface area (Å²) >= 11 is 0. The van der Waals surface area contributed by atoms with E-state index in [2.05, 4.69) is 48.3 Å². The third kappa shape index (κ3) is 4.54. The lowest BCUT2D eigenvalue weighted by Gasteiger charge is -2.21. The molecule has 0 spiro atoms. The SMILES string of the molecule is CC(C)CCCNCc1ccccc1N1CCCC1. The Labute approximate surface area is 118 Å². The molecule has 19 heavy (non-hydrogen) atoms. The van der Waals surface area contributed by atoms with Crippen molar-refractivity contribution in [1.82, 2.24) is 5.32 Å². The molecule has 2 heteroatoms. The van der Waals surface area contributed by atoms with E-state index in [1.807, 2.05) is 0 Å². The fourth-order valence-electron chi connectivity index (χ4n) is 2.79. The van der Waals surface area contributed by atoms with Crippen molar-refractivity contribution in [2.75, 3.05) is 24.5 Å². The molecule has 0 bridgehead atoms. The first-order valence-corrected chi connectivity index (χ1v) is 7.81. The van der Waals surface area contributed by atoms with Gasteiger partial charge in [-0.05, 0) is 49.8 Å². The third-order valence-electron chi connectivity index (χ3n) is 3.89. The van der Waals surface area contributed by atoms with E-state index < -0.39 is 0 Å². The molecule has 1 aromatic rings. The monoisotopic (exact) mass is 260 g/mol. The Morgan fingerprint density at radius 1 is 1.16 bits per heavy atom. The van der Waals surface area contributed by atoms with Gasteiger partial charge < -0.3 is 10.2 Å². The number of para-hydroxylation sites is 1. The Morgan fingerprint density at radius 3 is 2.63 bits per heavy atom. The van der Waals surface area contributed by atoms with Crippen LogP contribution < -0.4 is 10.2 Å². The molecule has 1 aliphatic heterocycles. The van der Waals surface area contributed by atoms with Crippen molar-refractivity contribution in [2.24, 2.45) is 5.92 Å². The molecule has 1 N–H and O–H groups in total. The molecule has 106 valence electrons. The van der Waals surface area contributed by atoms with Crippen molar-refractivity contribution in [2.45, 2.75) is 46.1 Å². The van der Waals surface area contributed by atoms with Gasteiger partial charge in [0, 0.05) is 25.3 Å². The van der Waals surface area contributed by atoms with E-state index in [-0.39, 0.29) is 0 Å². The molecule has 0 unspecified atom stereocenters. The predicted octanol–water partition coefficient (Wildman–Crippen LogP) is 3.81. The lowest BCUT2D eigenvalue weighted by Crippen LogP contribution is -2.22. The van der Waals surface area contributed by atoms with Crippen molar-refractivity contribution in [1.29, 1.82) is 0 Å². The van der Waals surface area contributed by atoms with Gasteiger partial charge in [-0.15, -0.1) is 0 Å². The van der Waals surface area contributed by atoms with Crippen LogP contribution in [0.2, 0.25) is 0 Å². The van der Waals surface area contributed by atoms with Gasteiger partial charge in [-0.2, -0.15) is 0 Å². The van der Waals surface area contributed by atoms with Gasteiger partial charge >= 0.3 is 0 Å². The molecule has 1 saturated heterocycles. The molecule has 0 radical (unpaired) electrons. The first-order valence-electron chi connectivity index (χ1n) is 7.81. The molecular formula is C17H28N2. The average Bonchev–Trinajstić information content (AvgIpc) is 2.92. The molecule has 0 aliphatic carbocycles. The Kier molecular flexibility index (Phi) is 5.71. The molecule has 1 aromatic carbocycles. The van der Waals surface area contributed by atoms with E-state index >= 15 is 0 Å². The normalized spacial score (nSPS) is 15.4. The maximum atomic E-state index is 3.59. The van der Waals surface area contributed by atoms with Crippen LogP contribution in [0.4, 0.5) is 5.69 Å². The third-order valence-corrected chi connectivity index (χ3v) is 3.89. The quantitative estimate of drug-likeness (QED) is 0.750. The Bertz CT molecular complexity index is 367. The molecule has 0 aromatic heterocycles. The minimum absolute atomic E-state index is 0.818. The minimum Gasteiger partial charge on any atom is -0.371 e. The molecular weight excluding hydrogens is 232 g/mol. The van der Waals surface area contributed by atoms with Crippen molar-refractivity contribution < 1.29 is 0 Å². The van der Waals surface area contributed by atoms with Crippen LogP contribution in [-0.2, 0) is 6.54 Å². The summed E-state index contributed by atoms with van der Waals surface area (Å²) in [5.74, 6) is 0.818. The largest absolute Gasteiger partial charge is 0.371 e. The van der Waals surface area contributed by atoms with Crippen LogP contribution >= 0.6 is 0 Å². The molecule has 2 rings (SSSR count). The van der Waals surface area contributed by atoms with Gasteiger partial charge in [0.2, 0.25) is 0 Å². The summed E-state index contributed by atoms with van der Waals surface area (Å²) in [6, 6.07) is 8.86. The van der Waals surface area contributed by atoms with E-state index in [9.17, 15) is 0 Å². The maximum Gasteiger partial charge on any atom is 0.0411 e. The lowest BCUT2D eigenvalue weighted by molar-refractivity contribution is 0.527. The van der Waals surface area contributed by atoms with Crippen molar-refractivity contribution in [3.8, 4) is 0 Å². The van der Waals surface area contributed by atoms with E-state index in [0.717, 1.165) is 19.0 Å². The predicted molar refractivity (Wildman–Crippen MR) is 83.7 cm³/mol. The van der Waals surface area contributed by atoms with Gasteiger partial charge in [0.05, 0.1) is 0 Å². The van der Waals surface area contributed by atoms with E-state index in [1.165, 1.54) is 50.0 Å². The Hall–Kier alpha value is -1.02. The summed E-state index contributed by atoms with van der Waals surface area (Å²) in [6.45, 7) is 9.18. The zero-order valence-electron chi connectivity index (χ0n) is 12.5. The van der Waals surface area contributed by atoms with Crippen LogP contribution in [-0.4, -0.2) is 19.6 Å². The van der Waals surface area contributed by atoms with Crippen LogP contribution in [0.15, 0.2) is 24.3 Å². The summed E-state index contributed by atoms with van der Waals surface area (Å²) < 4.78 is 0. The number of rotatable bonds is 7. The smallest absolute Gasteiger partial charge is 0.0411 e. The van der Waals surface area contributed by atoms with Gasteiger partial charge in [-0.3, -0.25) is 0 Å². The average molecular weight is 260 g/mol. The van der Waals surface area contributed by atoms with E-state index in [1.54, 1.807) is 0 Å². The summed E-state index contributed by atoms with van der Waals surface area (Å²) in [6.07, 6.45) is 5.29. The van der Waals surface area contributed by atoms with Gasteiger partial charge in [-0.1, -0.05) is 32.0 Å². The van der Waals surface area contributed by atoms with Crippen molar-refractivity contribution >= 4 is 5.69 Å². The second kappa shape index (κ2) is 7.54. The zero-order chi connectivity index (χ0) is 13.5. The maximum absolute atomic E-state index is 3.59. The number of hydrogen-bond acceptors (Lipinski definition) is 2. The number of anilines is 1. The first kappa shape index (κ1) is 14.4. The molecule has 2 nitrogen and oxygen atoms in total. The highest BCUT2D eigenvalue weighted by Crippen LogP contribution is 2.24. The standard InChI is InChI=1S/C17H28N2/c1-15(2)8-7-11-18-14-16-9-3-4-10-17(16)19-12-5-6-13-19/h3-4,9-10,15,18H,5-8,11-14H2,1-2H3. The first-order chi connectivity index (χ1) is 9.27. The van der Waals surface area contributed by atoms with Crippen molar-refractivity contribution in [3.05, 3.63) is 29.8 Å².